The smallest absolute Gasteiger partial charge is 0.407 e. The van der Waals surface area contributed by atoms with Gasteiger partial charge in [0.2, 0.25) is 15.9 Å². The predicted molar refractivity (Wildman–Crippen MR) is 137 cm³/mol. The highest BCUT2D eigenvalue weighted by atomic mass is 32.2. The summed E-state index contributed by atoms with van der Waals surface area (Å²) in [5, 5.41) is 2.83. The van der Waals surface area contributed by atoms with E-state index < -0.39 is 22.0 Å². The normalized spacial score (nSPS) is 21.5. The Labute approximate surface area is 213 Å². The maximum atomic E-state index is 13.7. The molecule has 2 saturated heterocycles. The van der Waals surface area contributed by atoms with Crippen LogP contribution in [0.2, 0.25) is 0 Å². The molecule has 2 amide bonds. The molecule has 2 aromatic rings. The van der Waals surface area contributed by atoms with E-state index in [4.69, 9.17) is 4.74 Å². The van der Waals surface area contributed by atoms with E-state index in [1.165, 1.54) is 10.4 Å². The zero-order valence-electron chi connectivity index (χ0n) is 20.3. The van der Waals surface area contributed by atoms with Crippen molar-refractivity contribution >= 4 is 22.0 Å². The fraction of sp³-hybridized carbons (Fsp3) is 0.407. The van der Waals surface area contributed by atoms with Crippen LogP contribution in [0.4, 0.5) is 4.79 Å². The largest absolute Gasteiger partial charge is 0.445 e. The third kappa shape index (κ3) is 5.96. The van der Waals surface area contributed by atoms with Crippen molar-refractivity contribution in [1.82, 2.24) is 14.5 Å². The van der Waals surface area contributed by atoms with Gasteiger partial charge >= 0.3 is 6.09 Å². The van der Waals surface area contributed by atoms with Gasteiger partial charge in [0, 0.05) is 25.7 Å². The molecule has 2 aliphatic heterocycles. The number of amides is 2. The van der Waals surface area contributed by atoms with Crippen molar-refractivity contribution in [3.8, 4) is 0 Å². The van der Waals surface area contributed by atoms with Gasteiger partial charge in [0.05, 0.1) is 16.9 Å². The highest BCUT2D eigenvalue weighted by Gasteiger charge is 2.41. The second-order valence-corrected chi connectivity index (χ2v) is 11.1. The number of carbonyl (C=O) groups excluding carboxylic acids is 2. The molecule has 4 rings (SSSR count). The van der Waals surface area contributed by atoms with Crippen LogP contribution in [-0.2, 0) is 19.6 Å². The quantitative estimate of drug-likeness (QED) is 0.572. The van der Waals surface area contributed by atoms with Crippen molar-refractivity contribution < 1.29 is 22.7 Å². The lowest BCUT2D eigenvalue weighted by molar-refractivity contribution is -0.138. The van der Waals surface area contributed by atoms with Crippen LogP contribution in [0.1, 0.15) is 37.3 Å². The molecule has 0 bridgehead atoms. The summed E-state index contributed by atoms with van der Waals surface area (Å²) in [6, 6.07) is 17.6. The van der Waals surface area contributed by atoms with Crippen LogP contribution in [0.3, 0.4) is 0 Å². The van der Waals surface area contributed by atoms with Gasteiger partial charge in [-0.05, 0) is 43.4 Å². The second kappa shape index (κ2) is 11.7. The molecule has 8 nitrogen and oxygen atoms in total. The standard InChI is InChI=1S/C27H33N3O5S/c1-2-19-35-27(32)28-23-15-17-29(18-16-23)26(31)22-13-14-25(21-9-5-3-6-10-21)30(20-22)36(33,34)24-11-7-4-8-12-24/h2-12,22-23,25H,1,13-20H2,(H,28,32). The lowest BCUT2D eigenvalue weighted by Gasteiger charge is -2.41. The molecule has 2 atom stereocenters. The van der Waals surface area contributed by atoms with E-state index in [0.717, 1.165) is 5.56 Å². The van der Waals surface area contributed by atoms with Crippen molar-refractivity contribution in [2.75, 3.05) is 26.2 Å². The van der Waals surface area contributed by atoms with Crippen LogP contribution in [-0.4, -0.2) is 61.9 Å². The summed E-state index contributed by atoms with van der Waals surface area (Å²) in [6.45, 7) is 4.83. The summed E-state index contributed by atoms with van der Waals surface area (Å²) < 4.78 is 33.8. The molecule has 0 aromatic heterocycles. The number of likely N-dealkylation sites (tertiary alicyclic amines) is 1. The second-order valence-electron chi connectivity index (χ2n) is 9.22. The number of carbonyl (C=O) groups is 2. The van der Waals surface area contributed by atoms with Crippen molar-refractivity contribution in [2.45, 2.75) is 42.7 Å². The van der Waals surface area contributed by atoms with Crippen molar-refractivity contribution in [3.05, 3.63) is 78.9 Å². The third-order valence-corrected chi connectivity index (χ3v) is 8.77. The molecule has 9 heteroatoms. The summed E-state index contributed by atoms with van der Waals surface area (Å²) in [4.78, 5) is 27.3. The number of hydrogen-bond acceptors (Lipinski definition) is 5. The fourth-order valence-electron chi connectivity index (χ4n) is 4.99. The predicted octanol–water partition coefficient (Wildman–Crippen LogP) is 3.73. The van der Waals surface area contributed by atoms with Gasteiger partial charge in [0.25, 0.3) is 0 Å². The fourth-order valence-corrected chi connectivity index (χ4v) is 6.70. The Morgan fingerprint density at radius 3 is 2.25 bits per heavy atom. The first-order valence-electron chi connectivity index (χ1n) is 12.3. The Morgan fingerprint density at radius 1 is 0.972 bits per heavy atom. The molecule has 2 heterocycles. The van der Waals surface area contributed by atoms with Crippen molar-refractivity contribution in [2.24, 2.45) is 5.92 Å². The maximum absolute atomic E-state index is 13.7. The first-order valence-corrected chi connectivity index (χ1v) is 13.8. The van der Waals surface area contributed by atoms with E-state index >= 15 is 0 Å². The highest BCUT2D eigenvalue weighted by Crippen LogP contribution is 2.38. The average molecular weight is 512 g/mol. The molecule has 0 aliphatic carbocycles. The van der Waals surface area contributed by atoms with Crippen molar-refractivity contribution in [3.63, 3.8) is 0 Å². The zero-order chi connectivity index (χ0) is 25.5. The Kier molecular flexibility index (Phi) is 8.43. The number of hydrogen-bond donors (Lipinski definition) is 1. The lowest BCUT2D eigenvalue weighted by atomic mass is 9.89. The Balaban J connectivity index is 1.45. The number of ether oxygens (including phenoxy) is 1. The number of nitrogens with one attached hydrogen (secondary N) is 1. The minimum Gasteiger partial charge on any atom is -0.445 e. The molecular formula is C27H33N3O5S. The number of piperidine rings is 2. The zero-order valence-corrected chi connectivity index (χ0v) is 21.1. The van der Waals surface area contributed by atoms with Crippen LogP contribution in [0.15, 0.2) is 78.2 Å². The molecule has 2 unspecified atom stereocenters. The van der Waals surface area contributed by atoms with E-state index in [1.807, 2.05) is 30.3 Å². The molecule has 0 spiro atoms. The van der Waals surface area contributed by atoms with Crippen LogP contribution in [0.5, 0.6) is 0 Å². The maximum Gasteiger partial charge on any atom is 0.407 e. The molecule has 2 aromatic carbocycles. The average Bonchev–Trinajstić information content (AvgIpc) is 2.92. The Hall–Kier alpha value is -3.17. The monoisotopic (exact) mass is 511 g/mol. The van der Waals surface area contributed by atoms with Gasteiger partial charge < -0.3 is 15.0 Å². The molecule has 0 radical (unpaired) electrons. The summed E-state index contributed by atoms with van der Waals surface area (Å²) in [5.74, 6) is -0.437. The molecule has 0 saturated carbocycles. The lowest BCUT2D eigenvalue weighted by Crippen LogP contribution is -2.51. The molecule has 192 valence electrons. The SMILES string of the molecule is C=CCOC(=O)NC1CCN(C(=O)C2CCC(c3ccccc3)N(S(=O)(=O)c3ccccc3)C2)CC1. The van der Waals surface area contributed by atoms with E-state index in [2.05, 4.69) is 11.9 Å². The van der Waals surface area contributed by atoms with Crippen LogP contribution < -0.4 is 5.32 Å². The minimum atomic E-state index is -3.79. The van der Waals surface area contributed by atoms with Gasteiger partial charge in [-0.25, -0.2) is 13.2 Å². The van der Waals surface area contributed by atoms with Crippen molar-refractivity contribution in [1.29, 1.82) is 0 Å². The number of benzene rings is 2. The Morgan fingerprint density at radius 2 is 1.61 bits per heavy atom. The molecule has 1 N–H and O–H groups in total. The van der Waals surface area contributed by atoms with Gasteiger partial charge in [-0.2, -0.15) is 4.31 Å². The van der Waals surface area contributed by atoms with E-state index in [9.17, 15) is 18.0 Å². The molecule has 36 heavy (non-hydrogen) atoms. The number of alkyl carbamates (subject to hydrolysis) is 1. The van der Waals surface area contributed by atoms with Gasteiger partial charge in [0.15, 0.2) is 0 Å². The third-order valence-electron chi connectivity index (χ3n) is 6.88. The number of rotatable bonds is 7. The van der Waals surface area contributed by atoms with E-state index in [1.54, 1.807) is 35.2 Å². The molecule has 2 fully saturated rings. The first-order chi connectivity index (χ1) is 17.4. The minimum absolute atomic E-state index is 0.0255. The number of sulfonamides is 1. The topological polar surface area (TPSA) is 96.0 Å². The first kappa shape index (κ1) is 25.9. The van der Waals surface area contributed by atoms with Gasteiger partial charge in [0.1, 0.15) is 6.61 Å². The summed E-state index contributed by atoms with van der Waals surface area (Å²) in [5.41, 5.74) is 0.929. The Bertz CT molecular complexity index is 1150. The van der Waals surface area contributed by atoms with Crippen LogP contribution in [0.25, 0.3) is 0 Å². The highest BCUT2D eigenvalue weighted by molar-refractivity contribution is 7.89. The van der Waals surface area contributed by atoms with Gasteiger partial charge in [-0.15, -0.1) is 0 Å². The summed E-state index contributed by atoms with van der Waals surface area (Å²) >= 11 is 0. The summed E-state index contributed by atoms with van der Waals surface area (Å²) in [6.07, 6.45) is 3.46. The molecular weight excluding hydrogens is 478 g/mol. The molecule has 2 aliphatic rings. The van der Waals surface area contributed by atoms with Gasteiger partial charge in [-0.3, -0.25) is 4.79 Å². The summed E-state index contributed by atoms with van der Waals surface area (Å²) in [7, 11) is -3.79. The van der Waals surface area contributed by atoms with E-state index in [-0.39, 0.29) is 36.0 Å². The van der Waals surface area contributed by atoms with Crippen LogP contribution in [0, 0.1) is 5.92 Å². The van der Waals surface area contributed by atoms with E-state index in [0.29, 0.717) is 38.8 Å². The van der Waals surface area contributed by atoms with Crippen LogP contribution >= 0.6 is 0 Å². The number of nitrogens with zero attached hydrogens (tertiary/aromatic N) is 2. The van der Waals surface area contributed by atoms with Gasteiger partial charge in [-0.1, -0.05) is 61.2 Å².